The minimum atomic E-state index is 0. The maximum absolute atomic E-state index is 5.40. The summed E-state index contributed by atoms with van der Waals surface area (Å²) < 4.78 is 5.40. The number of aliphatic imine (C=N–C) groups is 1. The zero-order valence-corrected chi connectivity index (χ0v) is 18.9. The average molecular weight is 486 g/mol. The Morgan fingerprint density at radius 1 is 1.22 bits per heavy atom. The molecule has 152 valence electrons. The third kappa shape index (κ3) is 7.23. The first-order valence-corrected chi connectivity index (χ1v) is 10.3. The summed E-state index contributed by atoms with van der Waals surface area (Å²) in [5, 5.41) is 6.89. The van der Waals surface area contributed by atoms with E-state index in [-0.39, 0.29) is 24.0 Å². The van der Waals surface area contributed by atoms with E-state index in [9.17, 15) is 0 Å². The van der Waals surface area contributed by atoms with Crippen molar-refractivity contribution in [3.05, 3.63) is 35.4 Å². The Morgan fingerprint density at radius 2 is 2.04 bits per heavy atom. The van der Waals surface area contributed by atoms with Crippen molar-refractivity contribution in [2.45, 2.75) is 38.5 Å². The molecular formula is C21H35IN4O. The van der Waals surface area contributed by atoms with Crippen LogP contribution >= 0.6 is 24.0 Å². The van der Waals surface area contributed by atoms with E-state index >= 15 is 0 Å². The lowest BCUT2D eigenvalue weighted by atomic mass is 9.83. The largest absolute Gasteiger partial charge is 0.379 e. The van der Waals surface area contributed by atoms with Crippen molar-refractivity contribution in [3.63, 3.8) is 0 Å². The number of aryl methyl sites for hydroxylation is 1. The van der Waals surface area contributed by atoms with Crippen LogP contribution in [0.2, 0.25) is 0 Å². The van der Waals surface area contributed by atoms with Crippen molar-refractivity contribution in [2.75, 3.05) is 52.5 Å². The topological polar surface area (TPSA) is 48.9 Å². The predicted molar refractivity (Wildman–Crippen MR) is 123 cm³/mol. The van der Waals surface area contributed by atoms with Gasteiger partial charge in [-0.3, -0.25) is 9.89 Å². The molecule has 1 aromatic rings. The molecule has 1 aliphatic carbocycles. The van der Waals surface area contributed by atoms with Gasteiger partial charge in [-0.1, -0.05) is 24.3 Å². The minimum absolute atomic E-state index is 0. The average Bonchev–Trinajstić information content (AvgIpc) is 2.70. The number of halogens is 1. The summed E-state index contributed by atoms with van der Waals surface area (Å²) in [6, 6.07) is 8.89. The first kappa shape index (κ1) is 22.4. The number of morpholine rings is 1. The van der Waals surface area contributed by atoms with Gasteiger partial charge in [-0.05, 0) is 50.3 Å². The number of nitrogens with zero attached hydrogens (tertiary/aromatic N) is 2. The summed E-state index contributed by atoms with van der Waals surface area (Å²) in [7, 11) is 0. The Labute approximate surface area is 181 Å². The summed E-state index contributed by atoms with van der Waals surface area (Å²) in [6.45, 7) is 9.87. The van der Waals surface area contributed by atoms with Crippen molar-refractivity contribution in [1.29, 1.82) is 0 Å². The van der Waals surface area contributed by atoms with Gasteiger partial charge in [-0.2, -0.15) is 0 Å². The Morgan fingerprint density at radius 3 is 2.85 bits per heavy atom. The first-order chi connectivity index (χ1) is 12.9. The van der Waals surface area contributed by atoms with Crippen molar-refractivity contribution in [1.82, 2.24) is 15.5 Å². The van der Waals surface area contributed by atoms with Crippen molar-refractivity contribution in [3.8, 4) is 0 Å². The normalized spacial score (nSPS) is 20.5. The fourth-order valence-electron chi connectivity index (χ4n) is 3.92. The van der Waals surface area contributed by atoms with Gasteiger partial charge in [0.2, 0.25) is 0 Å². The van der Waals surface area contributed by atoms with Crippen LogP contribution in [0.25, 0.3) is 0 Å². The summed E-state index contributed by atoms with van der Waals surface area (Å²) in [6.07, 6.45) is 4.88. The molecule has 1 unspecified atom stereocenters. The van der Waals surface area contributed by atoms with E-state index in [4.69, 9.17) is 9.73 Å². The fourth-order valence-corrected chi connectivity index (χ4v) is 3.92. The van der Waals surface area contributed by atoms with Crippen LogP contribution in [0.15, 0.2) is 29.3 Å². The van der Waals surface area contributed by atoms with Gasteiger partial charge in [0.25, 0.3) is 0 Å². The van der Waals surface area contributed by atoms with Crippen LogP contribution in [0.4, 0.5) is 0 Å². The molecule has 2 N–H and O–H groups in total. The van der Waals surface area contributed by atoms with Crippen molar-refractivity contribution < 1.29 is 4.74 Å². The van der Waals surface area contributed by atoms with Gasteiger partial charge >= 0.3 is 0 Å². The molecular weight excluding hydrogens is 451 g/mol. The molecule has 1 saturated heterocycles. The number of benzene rings is 1. The molecule has 0 saturated carbocycles. The number of hydrogen-bond acceptors (Lipinski definition) is 3. The second-order valence-corrected chi connectivity index (χ2v) is 7.24. The Balaban J connectivity index is 0.00000261. The van der Waals surface area contributed by atoms with Gasteiger partial charge in [0.05, 0.1) is 13.2 Å². The summed E-state index contributed by atoms with van der Waals surface area (Å²) in [4.78, 5) is 7.36. The van der Waals surface area contributed by atoms with Crippen LogP contribution in [-0.4, -0.2) is 63.3 Å². The molecule has 1 aliphatic heterocycles. The molecule has 27 heavy (non-hydrogen) atoms. The van der Waals surface area contributed by atoms with E-state index in [0.717, 1.165) is 64.9 Å². The van der Waals surface area contributed by atoms with Gasteiger partial charge in [-0.25, -0.2) is 0 Å². The van der Waals surface area contributed by atoms with E-state index in [1.165, 1.54) is 30.4 Å². The number of nitrogens with one attached hydrogen (secondary N) is 2. The predicted octanol–water partition coefficient (Wildman–Crippen LogP) is 3.00. The summed E-state index contributed by atoms with van der Waals surface area (Å²) in [5.41, 5.74) is 3.02. The Kier molecular flexibility index (Phi) is 10.4. The SMILES string of the molecule is CCNC(=NCC1CCCc2ccccc21)NCCCN1CCOCC1.I. The van der Waals surface area contributed by atoms with E-state index in [1.54, 1.807) is 0 Å². The smallest absolute Gasteiger partial charge is 0.191 e. The quantitative estimate of drug-likeness (QED) is 0.269. The Hall–Kier alpha value is -0.860. The van der Waals surface area contributed by atoms with Crippen LogP contribution in [0.5, 0.6) is 0 Å². The van der Waals surface area contributed by atoms with Gasteiger partial charge in [-0.15, -0.1) is 24.0 Å². The number of guanidine groups is 1. The number of fused-ring (bicyclic) bond motifs is 1. The summed E-state index contributed by atoms with van der Waals surface area (Å²) >= 11 is 0. The lowest BCUT2D eigenvalue weighted by molar-refractivity contribution is 0.0376. The molecule has 6 heteroatoms. The van der Waals surface area contributed by atoms with Gasteiger partial charge in [0.15, 0.2) is 5.96 Å². The highest BCUT2D eigenvalue weighted by molar-refractivity contribution is 14.0. The van der Waals surface area contributed by atoms with Crippen LogP contribution in [0, 0.1) is 0 Å². The van der Waals surface area contributed by atoms with Crippen LogP contribution in [0.3, 0.4) is 0 Å². The molecule has 0 radical (unpaired) electrons. The molecule has 1 heterocycles. The van der Waals surface area contributed by atoms with Gasteiger partial charge in [0, 0.05) is 38.6 Å². The zero-order valence-electron chi connectivity index (χ0n) is 16.6. The zero-order chi connectivity index (χ0) is 18.0. The standard InChI is InChI=1S/C21H34N4O.HI/c1-2-22-21(23-11-6-12-25-13-15-26-16-14-25)24-17-19-9-5-8-18-7-3-4-10-20(18)19;/h3-4,7,10,19H,2,5-6,8-9,11-17H2,1H3,(H2,22,23,24);1H. The molecule has 3 rings (SSSR count). The highest BCUT2D eigenvalue weighted by atomic mass is 127. The minimum Gasteiger partial charge on any atom is -0.379 e. The van der Waals surface area contributed by atoms with Crippen molar-refractivity contribution in [2.24, 2.45) is 4.99 Å². The number of rotatable bonds is 7. The first-order valence-electron chi connectivity index (χ1n) is 10.3. The molecule has 1 fully saturated rings. The maximum Gasteiger partial charge on any atom is 0.191 e. The monoisotopic (exact) mass is 486 g/mol. The fraction of sp³-hybridized carbons (Fsp3) is 0.667. The molecule has 1 aromatic carbocycles. The van der Waals surface area contributed by atoms with Crippen LogP contribution < -0.4 is 10.6 Å². The number of ether oxygens (including phenoxy) is 1. The second-order valence-electron chi connectivity index (χ2n) is 7.24. The van der Waals surface area contributed by atoms with Gasteiger partial charge in [0.1, 0.15) is 0 Å². The van der Waals surface area contributed by atoms with E-state index in [0.29, 0.717) is 5.92 Å². The lowest BCUT2D eigenvalue weighted by Crippen LogP contribution is -2.41. The van der Waals surface area contributed by atoms with Crippen LogP contribution in [0.1, 0.15) is 43.2 Å². The third-order valence-corrected chi connectivity index (χ3v) is 5.35. The highest BCUT2D eigenvalue weighted by Crippen LogP contribution is 2.31. The molecule has 1 atom stereocenters. The molecule has 0 bridgehead atoms. The maximum atomic E-state index is 5.40. The van der Waals surface area contributed by atoms with E-state index in [2.05, 4.69) is 46.7 Å². The Bertz CT molecular complexity index is 575. The summed E-state index contributed by atoms with van der Waals surface area (Å²) in [5.74, 6) is 1.52. The molecule has 0 amide bonds. The molecule has 0 spiro atoms. The highest BCUT2D eigenvalue weighted by Gasteiger charge is 2.19. The van der Waals surface area contributed by atoms with Crippen LogP contribution in [-0.2, 0) is 11.2 Å². The second kappa shape index (κ2) is 12.6. The number of hydrogen-bond donors (Lipinski definition) is 2. The molecule has 2 aliphatic rings. The van der Waals surface area contributed by atoms with E-state index in [1.807, 2.05) is 0 Å². The lowest BCUT2D eigenvalue weighted by Gasteiger charge is -2.26. The van der Waals surface area contributed by atoms with Gasteiger partial charge < -0.3 is 15.4 Å². The van der Waals surface area contributed by atoms with E-state index < -0.39 is 0 Å². The molecule has 0 aromatic heterocycles. The molecule has 5 nitrogen and oxygen atoms in total. The van der Waals surface area contributed by atoms with Crippen molar-refractivity contribution >= 4 is 29.9 Å². The third-order valence-electron chi connectivity index (χ3n) is 5.35.